The van der Waals surface area contributed by atoms with Crippen LogP contribution in [0.3, 0.4) is 0 Å². The first-order chi connectivity index (χ1) is 15.1. The topological polar surface area (TPSA) is 58.2 Å². The van der Waals surface area contributed by atoms with Crippen LogP contribution in [0.25, 0.3) is 11.3 Å². The molecule has 1 amide bonds. The molecule has 3 aromatic rings. The molecule has 1 N–H and O–H groups in total. The molecule has 0 saturated carbocycles. The van der Waals surface area contributed by atoms with Crippen molar-refractivity contribution in [1.29, 1.82) is 0 Å². The van der Waals surface area contributed by atoms with Gasteiger partial charge >= 0.3 is 0 Å². The Morgan fingerprint density at radius 2 is 1.77 bits per heavy atom. The molecule has 0 bridgehead atoms. The molecule has 1 unspecified atom stereocenters. The fourth-order valence-electron chi connectivity index (χ4n) is 4.10. The van der Waals surface area contributed by atoms with Gasteiger partial charge in [-0.25, -0.2) is 0 Å². The summed E-state index contributed by atoms with van der Waals surface area (Å²) in [5.41, 5.74) is 4.32. The Morgan fingerprint density at radius 3 is 2.45 bits per heavy atom. The third-order valence-corrected chi connectivity index (χ3v) is 5.90. The van der Waals surface area contributed by atoms with Gasteiger partial charge < -0.3 is 9.64 Å². The van der Waals surface area contributed by atoms with Gasteiger partial charge in [-0.05, 0) is 42.7 Å². The third-order valence-electron chi connectivity index (χ3n) is 5.65. The minimum absolute atomic E-state index is 0.00938. The average molecular weight is 438 g/mol. The lowest BCUT2D eigenvalue weighted by atomic mass is 9.96. The standard InChI is InChI=1S/C25H28ClN3O2/c1-3-5-6-15-29-24(18-9-13-20(14-10-18)31-16-4-2)21-22(27-28-23(21)25(29)30)17-7-11-19(26)12-8-17/h7-14,24H,3-6,15-16H2,1-2H3,(H,27,28). The molecule has 31 heavy (non-hydrogen) atoms. The molecule has 0 radical (unpaired) electrons. The Kier molecular flexibility index (Phi) is 6.62. The smallest absolute Gasteiger partial charge is 0.273 e. The van der Waals surface area contributed by atoms with Gasteiger partial charge in [-0.2, -0.15) is 5.10 Å². The van der Waals surface area contributed by atoms with Gasteiger partial charge in [0.15, 0.2) is 0 Å². The number of amides is 1. The fraction of sp³-hybridized carbons (Fsp3) is 0.360. The number of H-pyrrole nitrogens is 1. The van der Waals surface area contributed by atoms with Crippen molar-refractivity contribution in [2.45, 2.75) is 45.6 Å². The number of rotatable bonds is 9. The van der Waals surface area contributed by atoms with E-state index in [9.17, 15) is 4.79 Å². The van der Waals surface area contributed by atoms with Crippen LogP contribution >= 0.6 is 11.6 Å². The first-order valence-corrected chi connectivity index (χ1v) is 11.4. The molecule has 5 nitrogen and oxygen atoms in total. The van der Waals surface area contributed by atoms with Crippen LogP contribution in [0.5, 0.6) is 5.75 Å². The van der Waals surface area contributed by atoms with E-state index in [1.165, 1.54) is 0 Å². The summed E-state index contributed by atoms with van der Waals surface area (Å²) in [5.74, 6) is 0.855. The molecule has 1 aliphatic rings. The van der Waals surface area contributed by atoms with Crippen molar-refractivity contribution in [2.75, 3.05) is 13.2 Å². The van der Waals surface area contributed by atoms with Crippen LogP contribution in [0, 0.1) is 0 Å². The zero-order valence-corrected chi connectivity index (χ0v) is 18.8. The molecule has 1 atom stereocenters. The molecule has 162 valence electrons. The van der Waals surface area contributed by atoms with Crippen LogP contribution in [0.15, 0.2) is 48.5 Å². The fourth-order valence-corrected chi connectivity index (χ4v) is 4.23. The van der Waals surface area contributed by atoms with Crippen LogP contribution in [0.2, 0.25) is 5.02 Å². The summed E-state index contributed by atoms with van der Waals surface area (Å²) in [6, 6.07) is 15.5. The maximum absolute atomic E-state index is 13.3. The van der Waals surface area contributed by atoms with E-state index in [0.717, 1.165) is 53.8 Å². The van der Waals surface area contributed by atoms with Crippen LogP contribution in [-0.2, 0) is 0 Å². The van der Waals surface area contributed by atoms with Gasteiger partial charge in [0.2, 0.25) is 0 Å². The quantitative estimate of drug-likeness (QED) is 0.402. The maximum Gasteiger partial charge on any atom is 0.273 e. The van der Waals surface area contributed by atoms with E-state index in [4.69, 9.17) is 16.3 Å². The van der Waals surface area contributed by atoms with Crippen molar-refractivity contribution in [3.63, 3.8) is 0 Å². The molecular formula is C25H28ClN3O2. The Balaban J connectivity index is 1.74. The highest BCUT2D eigenvalue weighted by atomic mass is 35.5. The third kappa shape index (κ3) is 4.33. The molecule has 0 fully saturated rings. The van der Waals surface area contributed by atoms with Gasteiger partial charge in [0.05, 0.1) is 18.3 Å². The summed E-state index contributed by atoms with van der Waals surface area (Å²) in [4.78, 5) is 15.3. The van der Waals surface area contributed by atoms with E-state index in [2.05, 4.69) is 36.2 Å². The highest BCUT2D eigenvalue weighted by Crippen LogP contribution is 2.43. The predicted octanol–water partition coefficient (Wildman–Crippen LogP) is 6.25. The first-order valence-electron chi connectivity index (χ1n) is 11.0. The number of carbonyl (C=O) groups excluding carboxylic acids is 1. The van der Waals surface area contributed by atoms with Crippen LogP contribution in [-0.4, -0.2) is 34.2 Å². The minimum atomic E-state index is -0.177. The zero-order valence-electron chi connectivity index (χ0n) is 18.0. The molecule has 0 aliphatic carbocycles. The Morgan fingerprint density at radius 1 is 1.03 bits per heavy atom. The summed E-state index contributed by atoms with van der Waals surface area (Å²) < 4.78 is 5.75. The van der Waals surface area contributed by atoms with E-state index < -0.39 is 0 Å². The first kappa shape index (κ1) is 21.4. The van der Waals surface area contributed by atoms with Crippen molar-refractivity contribution in [2.24, 2.45) is 0 Å². The number of aromatic nitrogens is 2. The second kappa shape index (κ2) is 9.56. The number of halogens is 1. The molecule has 1 aliphatic heterocycles. The number of unbranched alkanes of at least 4 members (excludes halogenated alkanes) is 2. The second-order valence-corrected chi connectivity index (χ2v) is 8.33. The van der Waals surface area contributed by atoms with Gasteiger partial charge in [-0.1, -0.05) is 62.6 Å². The number of hydrogen-bond donors (Lipinski definition) is 1. The van der Waals surface area contributed by atoms with E-state index >= 15 is 0 Å². The Bertz CT molecular complexity index is 1030. The summed E-state index contributed by atoms with van der Waals surface area (Å²) in [6.45, 7) is 5.67. The van der Waals surface area contributed by atoms with Gasteiger partial charge in [0.1, 0.15) is 11.4 Å². The summed E-state index contributed by atoms with van der Waals surface area (Å²) in [5, 5.41) is 8.20. The molecule has 2 heterocycles. The van der Waals surface area contributed by atoms with Crippen LogP contribution in [0.1, 0.15) is 67.2 Å². The average Bonchev–Trinajstić information content (AvgIpc) is 3.33. The van der Waals surface area contributed by atoms with E-state index in [1.54, 1.807) is 0 Å². The van der Waals surface area contributed by atoms with Gasteiger partial charge in [-0.15, -0.1) is 0 Å². The number of ether oxygens (including phenoxy) is 1. The summed E-state index contributed by atoms with van der Waals surface area (Å²) >= 11 is 6.08. The molecular weight excluding hydrogens is 410 g/mol. The summed E-state index contributed by atoms with van der Waals surface area (Å²) in [6.07, 6.45) is 4.15. The number of fused-ring (bicyclic) bond motifs is 1. The number of aromatic amines is 1. The Labute approximate surface area is 188 Å². The van der Waals surface area contributed by atoms with Gasteiger partial charge in [-0.3, -0.25) is 9.89 Å². The number of benzene rings is 2. The highest BCUT2D eigenvalue weighted by molar-refractivity contribution is 6.30. The van der Waals surface area contributed by atoms with Gasteiger partial charge in [0.25, 0.3) is 5.91 Å². The maximum atomic E-state index is 13.3. The zero-order chi connectivity index (χ0) is 21.8. The molecule has 0 saturated heterocycles. The molecule has 0 spiro atoms. The lowest BCUT2D eigenvalue weighted by molar-refractivity contribution is 0.0740. The monoisotopic (exact) mass is 437 g/mol. The SMILES string of the molecule is CCCCCN1C(=O)c2[nH]nc(-c3ccc(Cl)cc3)c2C1c1ccc(OCCC)cc1. The lowest BCUT2D eigenvalue weighted by Crippen LogP contribution is -2.30. The van der Waals surface area contributed by atoms with Crippen molar-refractivity contribution < 1.29 is 9.53 Å². The number of hydrogen-bond acceptors (Lipinski definition) is 3. The van der Waals surface area contributed by atoms with Crippen LogP contribution in [0.4, 0.5) is 0 Å². The van der Waals surface area contributed by atoms with Crippen molar-refractivity contribution in [3.05, 3.63) is 70.4 Å². The van der Waals surface area contributed by atoms with Gasteiger partial charge in [0, 0.05) is 22.7 Å². The minimum Gasteiger partial charge on any atom is -0.494 e. The van der Waals surface area contributed by atoms with Crippen molar-refractivity contribution in [1.82, 2.24) is 15.1 Å². The Hall–Kier alpha value is -2.79. The predicted molar refractivity (Wildman–Crippen MR) is 124 cm³/mol. The number of carbonyl (C=O) groups is 1. The highest BCUT2D eigenvalue weighted by Gasteiger charge is 2.41. The van der Waals surface area contributed by atoms with E-state index in [1.807, 2.05) is 41.3 Å². The second-order valence-electron chi connectivity index (χ2n) is 7.89. The van der Waals surface area contributed by atoms with E-state index in [0.29, 0.717) is 23.9 Å². The lowest BCUT2D eigenvalue weighted by Gasteiger charge is -2.26. The summed E-state index contributed by atoms with van der Waals surface area (Å²) in [7, 11) is 0. The molecule has 2 aromatic carbocycles. The van der Waals surface area contributed by atoms with Crippen LogP contribution < -0.4 is 4.74 Å². The number of nitrogens with zero attached hydrogens (tertiary/aromatic N) is 2. The molecule has 6 heteroatoms. The largest absolute Gasteiger partial charge is 0.494 e. The van der Waals surface area contributed by atoms with Crippen molar-refractivity contribution in [3.8, 4) is 17.0 Å². The molecule has 4 rings (SSSR count). The van der Waals surface area contributed by atoms with Crippen molar-refractivity contribution >= 4 is 17.5 Å². The number of nitrogens with one attached hydrogen (secondary N) is 1. The normalized spacial score (nSPS) is 15.4. The van der Waals surface area contributed by atoms with E-state index in [-0.39, 0.29) is 11.9 Å². The molecule has 1 aromatic heterocycles.